The quantitative estimate of drug-likeness (QED) is 0.472. The summed E-state index contributed by atoms with van der Waals surface area (Å²) in [5, 5.41) is 10.0. The summed E-state index contributed by atoms with van der Waals surface area (Å²) in [5.41, 5.74) is 0. The number of sulfonamides is 1. The highest BCUT2D eigenvalue weighted by molar-refractivity contribution is 7.99. The van der Waals surface area contributed by atoms with E-state index in [1.54, 1.807) is 30.3 Å². The second-order valence-electron chi connectivity index (χ2n) is 6.64. The van der Waals surface area contributed by atoms with Gasteiger partial charge in [0.05, 0.1) is 11.4 Å². The number of rotatable bonds is 9. The van der Waals surface area contributed by atoms with E-state index in [1.165, 1.54) is 22.4 Å². The molecule has 2 aromatic rings. The lowest BCUT2D eigenvalue weighted by Gasteiger charge is -2.33. The fourth-order valence-electron chi connectivity index (χ4n) is 3.31. The van der Waals surface area contributed by atoms with Crippen molar-refractivity contribution in [1.29, 1.82) is 0 Å². The third-order valence-corrected chi connectivity index (χ3v) is 7.48. The van der Waals surface area contributed by atoms with Gasteiger partial charge in [-0.25, -0.2) is 13.4 Å². The van der Waals surface area contributed by atoms with E-state index >= 15 is 0 Å². The van der Waals surface area contributed by atoms with Crippen LogP contribution in [0.15, 0.2) is 46.7 Å². The number of nitrogens with zero attached hydrogens (tertiary/aromatic N) is 3. The largest absolute Gasteiger partial charge is 0.354 e. The Balaban J connectivity index is 1.62. The molecule has 1 aliphatic carbocycles. The van der Waals surface area contributed by atoms with Crippen LogP contribution in [0.3, 0.4) is 0 Å². The maximum Gasteiger partial charge on any atom is 0.243 e. The molecule has 2 N–H and O–H groups in total. The van der Waals surface area contributed by atoms with E-state index in [1.807, 2.05) is 0 Å². The molecular formula is C18H25N5O3S2. The molecule has 0 atom stereocenters. The second-order valence-corrected chi connectivity index (χ2v) is 9.62. The first-order valence-corrected chi connectivity index (χ1v) is 11.8. The van der Waals surface area contributed by atoms with Gasteiger partial charge in [0, 0.05) is 18.3 Å². The molecule has 0 saturated heterocycles. The van der Waals surface area contributed by atoms with E-state index in [4.69, 9.17) is 0 Å². The predicted octanol–water partition coefficient (Wildman–Crippen LogP) is 2.04. The van der Waals surface area contributed by atoms with Crippen molar-refractivity contribution in [2.75, 3.05) is 18.8 Å². The van der Waals surface area contributed by atoms with Crippen molar-refractivity contribution in [3.8, 4) is 0 Å². The third-order valence-electron chi connectivity index (χ3n) is 4.69. The molecule has 1 saturated carbocycles. The van der Waals surface area contributed by atoms with Crippen molar-refractivity contribution in [2.45, 2.75) is 48.2 Å². The number of hydrogen-bond donors (Lipinski definition) is 2. The summed E-state index contributed by atoms with van der Waals surface area (Å²) in [5.74, 6) is 0.332. The fraction of sp³-hybridized carbons (Fsp3) is 0.500. The third kappa shape index (κ3) is 5.55. The van der Waals surface area contributed by atoms with Gasteiger partial charge in [0.2, 0.25) is 15.9 Å². The average molecular weight is 424 g/mol. The second kappa shape index (κ2) is 10.0. The summed E-state index contributed by atoms with van der Waals surface area (Å²) in [6, 6.07) is 8.21. The fourth-order valence-corrected chi connectivity index (χ4v) is 5.61. The Morgan fingerprint density at radius 3 is 2.64 bits per heavy atom. The minimum Gasteiger partial charge on any atom is -0.354 e. The maximum absolute atomic E-state index is 13.2. The van der Waals surface area contributed by atoms with Crippen molar-refractivity contribution >= 4 is 27.7 Å². The monoisotopic (exact) mass is 423 g/mol. The van der Waals surface area contributed by atoms with Crippen LogP contribution in [0.2, 0.25) is 0 Å². The molecule has 8 nitrogen and oxygen atoms in total. The number of thioether (sulfide) groups is 1. The van der Waals surface area contributed by atoms with Crippen LogP contribution in [0.25, 0.3) is 0 Å². The number of benzene rings is 1. The molecule has 1 aromatic carbocycles. The number of H-pyrrole nitrogens is 1. The first-order chi connectivity index (χ1) is 13.6. The Kier molecular flexibility index (Phi) is 7.46. The zero-order valence-corrected chi connectivity index (χ0v) is 17.2. The van der Waals surface area contributed by atoms with Crippen molar-refractivity contribution < 1.29 is 13.2 Å². The van der Waals surface area contributed by atoms with E-state index in [0.29, 0.717) is 17.5 Å². The molecular weight excluding hydrogens is 398 g/mol. The van der Waals surface area contributed by atoms with Gasteiger partial charge < -0.3 is 5.32 Å². The van der Waals surface area contributed by atoms with Gasteiger partial charge in [-0.05, 0) is 25.0 Å². The number of hydrogen-bond acceptors (Lipinski definition) is 6. The lowest BCUT2D eigenvalue weighted by atomic mass is 9.95. The van der Waals surface area contributed by atoms with Crippen molar-refractivity contribution in [2.24, 2.45) is 0 Å². The molecule has 1 fully saturated rings. The zero-order valence-electron chi connectivity index (χ0n) is 15.6. The molecule has 0 spiro atoms. The van der Waals surface area contributed by atoms with Gasteiger partial charge in [-0.3, -0.25) is 9.89 Å². The molecule has 0 radical (unpaired) electrons. The van der Waals surface area contributed by atoms with Crippen LogP contribution in [0.4, 0.5) is 0 Å². The molecule has 10 heteroatoms. The average Bonchev–Trinajstić information content (AvgIpc) is 3.24. The molecule has 3 rings (SSSR count). The van der Waals surface area contributed by atoms with E-state index in [-0.39, 0.29) is 23.4 Å². The van der Waals surface area contributed by atoms with Gasteiger partial charge >= 0.3 is 0 Å². The van der Waals surface area contributed by atoms with Crippen LogP contribution < -0.4 is 5.32 Å². The van der Waals surface area contributed by atoms with Crippen LogP contribution in [0.5, 0.6) is 0 Å². The van der Waals surface area contributed by atoms with Crippen LogP contribution in [0.1, 0.15) is 32.1 Å². The number of carbonyl (C=O) groups excluding carboxylic acids is 1. The highest BCUT2D eigenvalue weighted by Crippen LogP contribution is 2.27. The van der Waals surface area contributed by atoms with E-state index < -0.39 is 10.0 Å². The van der Waals surface area contributed by atoms with E-state index in [9.17, 15) is 13.2 Å². The highest BCUT2D eigenvalue weighted by atomic mass is 32.2. The first kappa shape index (κ1) is 20.8. The van der Waals surface area contributed by atoms with E-state index in [0.717, 1.165) is 32.1 Å². The summed E-state index contributed by atoms with van der Waals surface area (Å²) in [6.45, 7) is 0.267. The molecule has 152 valence electrons. The van der Waals surface area contributed by atoms with Crippen molar-refractivity contribution in [3.05, 3.63) is 36.7 Å². The van der Waals surface area contributed by atoms with E-state index in [2.05, 4.69) is 20.5 Å². The molecule has 1 heterocycles. The molecule has 1 amide bonds. The Labute approximate surface area is 169 Å². The number of aromatic amines is 1. The number of carbonyl (C=O) groups is 1. The van der Waals surface area contributed by atoms with Gasteiger partial charge in [0.25, 0.3) is 0 Å². The molecule has 1 aliphatic rings. The SMILES string of the molecule is O=C(CN(C1CCCCC1)S(=O)(=O)c1ccccc1)NCCSc1ncn[nH]1. The summed E-state index contributed by atoms with van der Waals surface area (Å²) in [7, 11) is -3.72. The topological polar surface area (TPSA) is 108 Å². The maximum atomic E-state index is 13.2. The van der Waals surface area contributed by atoms with Crippen molar-refractivity contribution in [1.82, 2.24) is 24.8 Å². The Bertz CT molecular complexity index is 837. The molecule has 0 bridgehead atoms. The summed E-state index contributed by atoms with van der Waals surface area (Å²) < 4.78 is 27.7. The Morgan fingerprint density at radius 1 is 1.21 bits per heavy atom. The van der Waals surface area contributed by atoms with Gasteiger partial charge in [-0.15, -0.1) is 0 Å². The summed E-state index contributed by atoms with van der Waals surface area (Å²) in [4.78, 5) is 16.7. The lowest BCUT2D eigenvalue weighted by molar-refractivity contribution is -0.121. The van der Waals surface area contributed by atoms with Crippen LogP contribution >= 0.6 is 11.8 Å². The Morgan fingerprint density at radius 2 is 1.96 bits per heavy atom. The van der Waals surface area contributed by atoms with Gasteiger partial charge in [-0.1, -0.05) is 49.2 Å². The molecule has 1 aromatic heterocycles. The highest BCUT2D eigenvalue weighted by Gasteiger charge is 2.33. The summed E-state index contributed by atoms with van der Waals surface area (Å²) >= 11 is 1.44. The molecule has 0 aliphatic heterocycles. The van der Waals surface area contributed by atoms with Gasteiger partial charge in [-0.2, -0.15) is 9.40 Å². The smallest absolute Gasteiger partial charge is 0.243 e. The predicted molar refractivity (Wildman–Crippen MR) is 107 cm³/mol. The van der Waals surface area contributed by atoms with Crippen LogP contribution in [0, 0.1) is 0 Å². The Hall–Kier alpha value is -1.91. The number of aromatic nitrogens is 3. The minimum atomic E-state index is -3.72. The lowest BCUT2D eigenvalue weighted by Crippen LogP contribution is -2.47. The molecule has 0 unspecified atom stereocenters. The minimum absolute atomic E-state index is 0.131. The van der Waals surface area contributed by atoms with Crippen LogP contribution in [-0.4, -0.2) is 58.7 Å². The van der Waals surface area contributed by atoms with Gasteiger partial charge in [0.1, 0.15) is 6.33 Å². The van der Waals surface area contributed by atoms with Gasteiger partial charge in [0.15, 0.2) is 5.16 Å². The molecule has 28 heavy (non-hydrogen) atoms. The van der Waals surface area contributed by atoms with Crippen LogP contribution in [-0.2, 0) is 14.8 Å². The standard InChI is InChI=1S/C18H25N5O3S2/c24-17(19-11-12-27-18-20-14-21-22-18)13-23(15-7-3-1-4-8-15)28(25,26)16-9-5-2-6-10-16/h2,5-6,9-10,14-15H,1,3-4,7-8,11-13H2,(H,19,24)(H,20,21,22). The number of amides is 1. The normalized spacial score (nSPS) is 15.6. The number of nitrogens with one attached hydrogen (secondary N) is 2. The first-order valence-electron chi connectivity index (χ1n) is 9.39. The zero-order chi connectivity index (χ0) is 19.8. The van der Waals surface area contributed by atoms with Crippen molar-refractivity contribution in [3.63, 3.8) is 0 Å². The summed E-state index contributed by atoms with van der Waals surface area (Å²) in [6.07, 6.45) is 6.10.